The van der Waals surface area contributed by atoms with E-state index in [9.17, 15) is 4.79 Å². The highest BCUT2D eigenvalue weighted by Gasteiger charge is 2.19. The quantitative estimate of drug-likeness (QED) is 0.430. The number of carbonyl (C=O) groups is 1. The third kappa shape index (κ3) is 4.03. The van der Waals surface area contributed by atoms with E-state index in [0.29, 0.717) is 16.1 Å². The first-order valence-electron chi connectivity index (χ1n) is 8.65. The maximum absolute atomic E-state index is 12.6. The molecule has 0 saturated heterocycles. The van der Waals surface area contributed by atoms with E-state index in [-0.39, 0.29) is 5.91 Å². The van der Waals surface area contributed by atoms with Crippen molar-refractivity contribution >= 4 is 45.7 Å². The lowest BCUT2D eigenvalue weighted by Gasteiger charge is -2.12. The smallest absolute Gasteiger partial charge is 0.277 e. The number of benzene rings is 3. The van der Waals surface area contributed by atoms with Gasteiger partial charge in [0.1, 0.15) is 0 Å². The van der Waals surface area contributed by atoms with Gasteiger partial charge in [0.25, 0.3) is 5.22 Å². The standard InChI is InChI=1S/C21H16ClN3O2S/c1-13(19(26)23-18-8-4-6-14-5-2-3-7-17(14)18)28-21-25-24-20(27-21)15-9-11-16(22)12-10-15/h2-13H,1H3,(H,23,26)/t13-/m1/s1. The first kappa shape index (κ1) is 18.5. The summed E-state index contributed by atoms with van der Waals surface area (Å²) in [7, 11) is 0. The van der Waals surface area contributed by atoms with Crippen LogP contribution < -0.4 is 5.32 Å². The molecule has 0 unspecified atom stereocenters. The topological polar surface area (TPSA) is 68.0 Å². The van der Waals surface area contributed by atoms with Gasteiger partial charge in [0.05, 0.1) is 5.25 Å². The molecule has 1 atom stereocenters. The Labute approximate surface area is 171 Å². The first-order valence-corrected chi connectivity index (χ1v) is 9.90. The van der Waals surface area contributed by atoms with Crippen LogP contribution in [0, 0.1) is 0 Å². The molecule has 0 fully saturated rings. The summed E-state index contributed by atoms with van der Waals surface area (Å²) in [5.74, 6) is 0.258. The third-order valence-electron chi connectivity index (χ3n) is 4.19. The van der Waals surface area contributed by atoms with E-state index in [2.05, 4.69) is 15.5 Å². The Morgan fingerprint density at radius 3 is 2.61 bits per heavy atom. The monoisotopic (exact) mass is 409 g/mol. The lowest BCUT2D eigenvalue weighted by atomic mass is 10.1. The molecule has 1 N–H and O–H groups in total. The second kappa shape index (κ2) is 8.04. The zero-order chi connectivity index (χ0) is 19.5. The number of aromatic nitrogens is 2. The van der Waals surface area contributed by atoms with E-state index in [1.165, 1.54) is 11.8 Å². The molecule has 3 aromatic carbocycles. The highest BCUT2D eigenvalue weighted by Crippen LogP contribution is 2.28. The molecule has 4 aromatic rings. The van der Waals surface area contributed by atoms with E-state index in [0.717, 1.165) is 22.0 Å². The number of rotatable bonds is 5. The molecule has 0 aliphatic carbocycles. The first-order chi connectivity index (χ1) is 13.6. The fraction of sp³-hybridized carbons (Fsp3) is 0.0952. The van der Waals surface area contributed by atoms with Crippen molar-refractivity contribution in [2.45, 2.75) is 17.4 Å². The van der Waals surface area contributed by atoms with Crippen LogP contribution in [0.3, 0.4) is 0 Å². The van der Waals surface area contributed by atoms with Gasteiger partial charge in [-0.25, -0.2) is 0 Å². The Morgan fingerprint density at radius 1 is 1.04 bits per heavy atom. The molecule has 0 aliphatic heterocycles. The lowest BCUT2D eigenvalue weighted by Crippen LogP contribution is -2.22. The molecule has 140 valence electrons. The summed E-state index contributed by atoms with van der Waals surface area (Å²) >= 11 is 7.11. The normalized spacial score (nSPS) is 12.1. The molecule has 0 spiro atoms. The van der Waals surface area contributed by atoms with Gasteiger partial charge in [0.15, 0.2) is 0 Å². The highest BCUT2D eigenvalue weighted by molar-refractivity contribution is 8.00. The van der Waals surface area contributed by atoms with Crippen molar-refractivity contribution in [2.24, 2.45) is 0 Å². The Hall–Kier alpha value is -2.83. The average molecular weight is 410 g/mol. The van der Waals surface area contributed by atoms with Crippen LogP contribution in [0.25, 0.3) is 22.2 Å². The summed E-state index contributed by atoms with van der Waals surface area (Å²) < 4.78 is 5.67. The molecule has 1 heterocycles. The molecule has 28 heavy (non-hydrogen) atoms. The number of carbonyl (C=O) groups excluding carboxylic acids is 1. The predicted octanol–water partition coefficient (Wildman–Crippen LogP) is 5.66. The number of hydrogen-bond acceptors (Lipinski definition) is 5. The third-order valence-corrected chi connectivity index (χ3v) is 5.38. The van der Waals surface area contributed by atoms with E-state index in [1.807, 2.05) is 42.5 Å². The molecule has 0 aliphatic rings. The zero-order valence-corrected chi connectivity index (χ0v) is 16.5. The van der Waals surface area contributed by atoms with E-state index >= 15 is 0 Å². The summed E-state index contributed by atoms with van der Waals surface area (Å²) in [5, 5.41) is 13.7. The van der Waals surface area contributed by atoms with Crippen molar-refractivity contribution in [1.29, 1.82) is 0 Å². The van der Waals surface area contributed by atoms with Crippen LogP contribution in [0.1, 0.15) is 6.92 Å². The maximum Gasteiger partial charge on any atom is 0.277 e. The summed E-state index contributed by atoms with van der Waals surface area (Å²) in [4.78, 5) is 12.6. The van der Waals surface area contributed by atoms with Crippen LogP contribution >= 0.6 is 23.4 Å². The van der Waals surface area contributed by atoms with Crippen LogP contribution in [0.5, 0.6) is 0 Å². The Morgan fingerprint density at radius 2 is 1.79 bits per heavy atom. The molecule has 0 saturated carbocycles. The predicted molar refractivity (Wildman–Crippen MR) is 113 cm³/mol. The zero-order valence-electron chi connectivity index (χ0n) is 14.9. The Bertz CT molecular complexity index is 1120. The van der Waals surface area contributed by atoms with Gasteiger partial charge in [-0.1, -0.05) is 59.8 Å². The number of halogens is 1. The summed E-state index contributed by atoms with van der Waals surface area (Å²) in [5.41, 5.74) is 1.56. The second-order valence-corrected chi connectivity index (χ2v) is 7.88. The summed E-state index contributed by atoms with van der Waals surface area (Å²) in [6.07, 6.45) is 0. The Kier molecular flexibility index (Phi) is 5.32. The number of anilines is 1. The van der Waals surface area contributed by atoms with Crippen LogP contribution in [-0.2, 0) is 4.79 Å². The van der Waals surface area contributed by atoms with Crippen molar-refractivity contribution in [3.63, 3.8) is 0 Å². The number of amides is 1. The molecule has 5 nitrogen and oxygen atoms in total. The molecule has 4 rings (SSSR count). The molecule has 0 radical (unpaired) electrons. The van der Waals surface area contributed by atoms with Gasteiger partial charge in [-0.2, -0.15) is 0 Å². The molecular weight excluding hydrogens is 394 g/mol. The van der Waals surface area contributed by atoms with Gasteiger partial charge < -0.3 is 9.73 Å². The van der Waals surface area contributed by atoms with Gasteiger partial charge in [-0.15, -0.1) is 10.2 Å². The minimum atomic E-state index is -0.405. The maximum atomic E-state index is 12.6. The molecule has 7 heteroatoms. The molecule has 0 bridgehead atoms. The van der Waals surface area contributed by atoms with Gasteiger partial charge >= 0.3 is 0 Å². The minimum absolute atomic E-state index is 0.132. The van der Waals surface area contributed by atoms with Crippen LogP contribution in [0.2, 0.25) is 5.02 Å². The van der Waals surface area contributed by atoms with E-state index in [1.54, 1.807) is 31.2 Å². The van der Waals surface area contributed by atoms with Gasteiger partial charge in [-0.3, -0.25) is 4.79 Å². The van der Waals surface area contributed by atoms with Crippen molar-refractivity contribution in [1.82, 2.24) is 10.2 Å². The second-order valence-electron chi connectivity index (χ2n) is 6.16. The number of nitrogens with zero attached hydrogens (tertiary/aromatic N) is 2. The fourth-order valence-corrected chi connectivity index (χ4v) is 3.55. The Balaban J connectivity index is 1.45. The number of thioether (sulfide) groups is 1. The van der Waals surface area contributed by atoms with Gasteiger partial charge in [0.2, 0.25) is 11.8 Å². The van der Waals surface area contributed by atoms with Crippen molar-refractivity contribution in [3.8, 4) is 11.5 Å². The van der Waals surface area contributed by atoms with Crippen LogP contribution in [0.4, 0.5) is 5.69 Å². The van der Waals surface area contributed by atoms with Crippen molar-refractivity contribution in [2.75, 3.05) is 5.32 Å². The SMILES string of the molecule is C[C@@H](Sc1nnc(-c2ccc(Cl)cc2)o1)C(=O)Nc1cccc2ccccc12. The number of fused-ring (bicyclic) bond motifs is 1. The van der Waals surface area contributed by atoms with Crippen LogP contribution in [0.15, 0.2) is 76.4 Å². The van der Waals surface area contributed by atoms with Gasteiger partial charge in [0, 0.05) is 21.7 Å². The van der Waals surface area contributed by atoms with E-state index in [4.69, 9.17) is 16.0 Å². The average Bonchev–Trinajstić information content (AvgIpc) is 3.17. The number of hydrogen-bond donors (Lipinski definition) is 1. The summed E-state index contributed by atoms with van der Waals surface area (Å²) in [6.45, 7) is 1.80. The number of nitrogens with one attached hydrogen (secondary N) is 1. The van der Waals surface area contributed by atoms with Crippen molar-refractivity contribution in [3.05, 3.63) is 71.8 Å². The highest BCUT2D eigenvalue weighted by atomic mass is 35.5. The lowest BCUT2D eigenvalue weighted by molar-refractivity contribution is -0.115. The summed E-state index contributed by atoms with van der Waals surface area (Å²) in [6, 6.07) is 20.9. The van der Waals surface area contributed by atoms with Crippen molar-refractivity contribution < 1.29 is 9.21 Å². The molecular formula is C21H16ClN3O2S. The molecule has 1 amide bonds. The van der Waals surface area contributed by atoms with Gasteiger partial charge in [-0.05, 0) is 42.6 Å². The fourth-order valence-electron chi connectivity index (χ4n) is 2.74. The van der Waals surface area contributed by atoms with Crippen LogP contribution in [-0.4, -0.2) is 21.4 Å². The molecule has 1 aromatic heterocycles. The largest absolute Gasteiger partial charge is 0.411 e. The van der Waals surface area contributed by atoms with E-state index < -0.39 is 5.25 Å². The minimum Gasteiger partial charge on any atom is -0.411 e.